The van der Waals surface area contributed by atoms with Crippen LogP contribution in [0.4, 0.5) is 0 Å². The molecule has 2 nitrogen and oxygen atoms in total. The molecule has 1 aliphatic rings. The fraction of sp³-hybridized carbons (Fsp3) is 0.800. The average molecular weight is 231 g/mol. The summed E-state index contributed by atoms with van der Waals surface area (Å²) in [5.74, 6) is 0.726. The Hall–Kier alpha value is -0.150. The van der Waals surface area contributed by atoms with Gasteiger partial charge in [-0.2, -0.15) is 0 Å². The van der Waals surface area contributed by atoms with E-state index in [2.05, 4.69) is 9.59 Å². The Kier molecular flexibility index (Phi) is 3.76. The van der Waals surface area contributed by atoms with Crippen molar-refractivity contribution in [2.24, 2.45) is 5.92 Å². The van der Waals surface area contributed by atoms with Crippen molar-refractivity contribution in [3.63, 3.8) is 0 Å². The van der Waals surface area contributed by atoms with Crippen molar-refractivity contribution < 1.29 is 0 Å². The number of halogens is 1. The van der Waals surface area contributed by atoms with Gasteiger partial charge in [-0.25, -0.2) is 0 Å². The highest BCUT2D eigenvalue weighted by Crippen LogP contribution is 2.28. The molecule has 0 aromatic carbocycles. The topological polar surface area (TPSA) is 25.8 Å². The van der Waals surface area contributed by atoms with Crippen LogP contribution >= 0.6 is 23.1 Å². The third-order valence-corrected chi connectivity index (χ3v) is 3.82. The van der Waals surface area contributed by atoms with Crippen molar-refractivity contribution >= 4 is 23.1 Å². The fourth-order valence-corrected chi connectivity index (χ4v) is 3.02. The molecular formula is C10H15ClN2S. The minimum absolute atomic E-state index is 0.383. The fourth-order valence-electron chi connectivity index (χ4n) is 2.15. The van der Waals surface area contributed by atoms with Crippen molar-refractivity contribution in [1.29, 1.82) is 0 Å². The molecule has 14 heavy (non-hydrogen) atoms. The van der Waals surface area contributed by atoms with Crippen LogP contribution in [0.2, 0.25) is 0 Å². The SMILES string of the molecule is ClC1CCCCC(Cc2csnn2)C1. The largest absolute Gasteiger partial charge is 0.143 e. The van der Waals surface area contributed by atoms with E-state index in [0.717, 1.165) is 24.5 Å². The molecule has 78 valence electrons. The monoisotopic (exact) mass is 230 g/mol. The molecule has 0 amide bonds. The van der Waals surface area contributed by atoms with Gasteiger partial charge in [-0.05, 0) is 36.7 Å². The molecule has 1 saturated carbocycles. The first-order valence-electron chi connectivity index (χ1n) is 5.24. The van der Waals surface area contributed by atoms with Crippen molar-refractivity contribution in [3.8, 4) is 0 Å². The number of alkyl halides is 1. The lowest BCUT2D eigenvalue weighted by Crippen LogP contribution is -2.08. The molecule has 1 aromatic rings. The van der Waals surface area contributed by atoms with E-state index in [1.54, 1.807) is 0 Å². The minimum Gasteiger partial charge on any atom is -0.143 e. The summed E-state index contributed by atoms with van der Waals surface area (Å²) >= 11 is 7.66. The molecule has 2 atom stereocenters. The summed E-state index contributed by atoms with van der Waals surface area (Å²) in [5, 5.41) is 6.52. The van der Waals surface area contributed by atoms with Crippen molar-refractivity contribution in [2.75, 3.05) is 0 Å². The Morgan fingerprint density at radius 2 is 2.29 bits per heavy atom. The van der Waals surface area contributed by atoms with Crippen molar-refractivity contribution in [3.05, 3.63) is 11.1 Å². The Morgan fingerprint density at radius 1 is 1.43 bits per heavy atom. The summed E-state index contributed by atoms with van der Waals surface area (Å²) < 4.78 is 3.89. The molecule has 0 bridgehead atoms. The molecule has 1 aliphatic carbocycles. The van der Waals surface area contributed by atoms with Gasteiger partial charge in [-0.15, -0.1) is 16.7 Å². The maximum Gasteiger partial charge on any atom is 0.0758 e. The summed E-state index contributed by atoms with van der Waals surface area (Å²) in [6, 6.07) is 0. The van der Waals surface area contributed by atoms with Crippen molar-refractivity contribution in [2.45, 2.75) is 43.9 Å². The second kappa shape index (κ2) is 5.08. The van der Waals surface area contributed by atoms with Crippen LogP contribution in [0.25, 0.3) is 0 Å². The molecule has 0 saturated heterocycles. The molecule has 1 heterocycles. The van der Waals surface area contributed by atoms with Gasteiger partial charge in [-0.1, -0.05) is 23.8 Å². The lowest BCUT2D eigenvalue weighted by Gasteiger charge is -2.13. The molecule has 0 aliphatic heterocycles. The van der Waals surface area contributed by atoms with Gasteiger partial charge in [0.2, 0.25) is 0 Å². The normalized spacial score (nSPS) is 28.6. The predicted octanol–water partition coefficient (Wildman–Crippen LogP) is 3.27. The molecule has 0 radical (unpaired) electrons. The molecule has 0 spiro atoms. The lowest BCUT2D eigenvalue weighted by atomic mass is 9.95. The Labute approximate surface area is 93.8 Å². The van der Waals surface area contributed by atoms with Crippen LogP contribution in [-0.2, 0) is 6.42 Å². The van der Waals surface area contributed by atoms with Gasteiger partial charge in [0.1, 0.15) is 0 Å². The Balaban J connectivity index is 1.90. The third-order valence-electron chi connectivity index (χ3n) is 2.87. The van der Waals surface area contributed by atoms with Gasteiger partial charge >= 0.3 is 0 Å². The van der Waals surface area contributed by atoms with Crippen LogP contribution < -0.4 is 0 Å². The molecule has 1 aromatic heterocycles. The Bertz CT molecular complexity index is 263. The summed E-state index contributed by atoms with van der Waals surface area (Å²) in [6.07, 6.45) is 7.33. The minimum atomic E-state index is 0.383. The second-order valence-electron chi connectivity index (χ2n) is 4.08. The van der Waals surface area contributed by atoms with E-state index in [-0.39, 0.29) is 0 Å². The number of aromatic nitrogens is 2. The van der Waals surface area contributed by atoms with Crippen LogP contribution in [0.5, 0.6) is 0 Å². The number of hydrogen-bond acceptors (Lipinski definition) is 3. The highest BCUT2D eigenvalue weighted by atomic mass is 35.5. The molecule has 1 fully saturated rings. The predicted molar refractivity (Wildman–Crippen MR) is 59.8 cm³/mol. The van der Waals surface area contributed by atoms with Crippen LogP contribution in [0.3, 0.4) is 0 Å². The lowest BCUT2D eigenvalue weighted by molar-refractivity contribution is 0.455. The van der Waals surface area contributed by atoms with Gasteiger partial charge < -0.3 is 0 Å². The van der Waals surface area contributed by atoms with E-state index < -0.39 is 0 Å². The third kappa shape index (κ3) is 2.92. The van der Waals surface area contributed by atoms with E-state index in [0.29, 0.717) is 5.38 Å². The van der Waals surface area contributed by atoms with Gasteiger partial charge in [0.25, 0.3) is 0 Å². The average Bonchev–Trinajstić information content (AvgIpc) is 2.56. The van der Waals surface area contributed by atoms with Crippen LogP contribution in [0, 0.1) is 5.92 Å². The second-order valence-corrected chi connectivity index (χ2v) is 5.31. The maximum absolute atomic E-state index is 6.22. The molecule has 0 N–H and O–H groups in total. The maximum atomic E-state index is 6.22. The molecular weight excluding hydrogens is 216 g/mol. The zero-order valence-corrected chi connectivity index (χ0v) is 9.73. The Morgan fingerprint density at radius 3 is 3.07 bits per heavy atom. The first-order valence-corrected chi connectivity index (χ1v) is 6.52. The van der Waals surface area contributed by atoms with Gasteiger partial charge in [-0.3, -0.25) is 0 Å². The summed E-state index contributed by atoms with van der Waals surface area (Å²) in [6.45, 7) is 0. The number of rotatable bonds is 2. The summed E-state index contributed by atoms with van der Waals surface area (Å²) in [5.41, 5.74) is 1.14. The zero-order valence-electron chi connectivity index (χ0n) is 8.16. The first kappa shape index (κ1) is 10.4. The highest BCUT2D eigenvalue weighted by molar-refractivity contribution is 7.03. The van der Waals surface area contributed by atoms with E-state index in [4.69, 9.17) is 11.6 Å². The van der Waals surface area contributed by atoms with E-state index >= 15 is 0 Å². The van der Waals surface area contributed by atoms with Gasteiger partial charge in [0.15, 0.2) is 0 Å². The highest BCUT2D eigenvalue weighted by Gasteiger charge is 2.19. The standard InChI is InChI=1S/C10H15ClN2S/c11-9-4-2-1-3-8(5-9)6-10-7-14-13-12-10/h7-9H,1-6H2. The summed E-state index contributed by atoms with van der Waals surface area (Å²) in [4.78, 5) is 0. The number of hydrogen-bond donors (Lipinski definition) is 0. The van der Waals surface area contributed by atoms with Gasteiger partial charge in [0, 0.05) is 10.8 Å². The molecule has 2 unspecified atom stereocenters. The van der Waals surface area contributed by atoms with Crippen LogP contribution in [0.15, 0.2) is 5.38 Å². The van der Waals surface area contributed by atoms with E-state index in [1.807, 2.05) is 5.38 Å². The zero-order chi connectivity index (χ0) is 9.80. The molecule has 2 rings (SSSR count). The van der Waals surface area contributed by atoms with Gasteiger partial charge in [0.05, 0.1) is 5.69 Å². The van der Waals surface area contributed by atoms with Crippen LogP contribution in [0.1, 0.15) is 37.8 Å². The molecule has 4 heteroatoms. The van der Waals surface area contributed by atoms with E-state index in [9.17, 15) is 0 Å². The first-order chi connectivity index (χ1) is 6.84. The van der Waals surface area contributed by atoms with Crippen LogP contribution in [-0.4, -0.2) is 15.0 Å². The smallest absolute Gasteiger partial charge is 0.0758 e. The van der Waals surface area contributed by atoms with E-state index in [1.165, 1.54) is 37.2 Å². The quantitative estimate of drug-likeness (QED) is 0.576. The number of nitrogens with zero attached hydrogens (tertiary/aromatic N) is 2. The summed E-state index contributed by atoms with van der Waals surface area (Å²) in [7, 11) is 0. The van der Waals surface area contributed by atoms with Crippen molar-refractivity contribution in [1.82, 2.24) is 9.59 Å².